The van der Waals surface area contributed by atoms with Crippen molar-refractivity contribution in [1.82, 2.24) is 10.2 Å². The number of aliphatic hydroxyl groups excluding tert-OH is 3. The molecule has 0 amide bonds. The molecular weight excluding hydrogens is 451 g/mol. The molecule has 2 unspecified atom stereocenters. The fourth-order valence-corrected chi connectivity index (χ4v) is 2.36. The van der Waals surface area contributed by atoms with Gasteiger partial charge in [-0.2, -0.15) is 0 Å². The van der Waals surface area contributed by atoms with E-state index in [9.17, 15) is 15.3 Å². The number of nitrogens with one attached hydrogen (secondary N) is 1. The van der Waals surface area contributed by atoms with Gasteiger partial charge in [-0.15, -0.1) is 0 Å². The van der Waals surface area contributed by atoms with Crippen LogP contribution in [0.4, 0.5) is 0 Å². The molecule has 1 fully saturated rings. The molecule has 0 saturated carbocycles. The minimum Gasteiger partial charge on any atom is -0.388 e. The van der Waals surface area contributed by atoms with Crippen LogP contribution in [0.2, 0.25) is 0 Å². The van der Waals surface area contributed by atoms with E-state index in [1.165, 1.54) is 11.0 Å². The van der Waals surface area contributed by atoms with E-state index >= 15 is 0 Å². The van der Waals surface area contributed by atoms with Gasteiger partial charge in [-0.05, 0) is 12.5 Å². The molecule has 4 N–H and O–H groups in total. The Morgan fingerprint density at radius 2 is 2.00 bits per heavy atom. The zero-order valence-electron chi connectivity index (χ0n) is 10.6. The van der Waals surface area contributed by atoms with Crippen molar-refractivity contribution in [3.8, 4) is 0 Å². The van der Waals surface area contributed by atoms with Gasteiger partial charge >= 0.3 is 0 Å². The van der Waals surface area contributed by atoms with Crippen LogP contribution in [0, 0.1) is 50.0 Å². The van der Waals surface area contributed by atoms with E-state index in [1.807, 2.05) is 13.8 Å². The predicted molar refractivity (Wildman–Crippen MR) is 60.3 cm³/mol. The summed E-state index contributed by atoms with van der Waals surface area (Å²) in [5.41, 5.74) is 0. The van der Waals surface area contributed by atoms with Gasteiger partial charge < -0.3 is 25.0 Å². The standard InChI is InChI=1S/C11H20N2O4.Ac/c1-3-7-6(2)9(15)10(17-7)13-5-4-8(14)12-11(13)16;/h4-12,14-16H,3H2,1-2H3;/t6?,7-,8+,9?,10-,11+;/m0./s1. The fourth-order valence-electron chi connectivity index (χ4n) is 2.36. The van der Waals surface area contributed by atoms with E-state index in [4.69, 9.17) is 4.74 Å². The number of hydrogen-bond donors (Lipinski definition) is 4. The normalized spacial score (nSPS) is 43.9. The maximum absolute atomic E-state index is 10.1. The smallest absolute Gasteiger partial charge is 0.187 e. The molecule has 1 radical (unpaired) electrons. The van der Waals surface area contributed by atoms with Gasteiger partial charge in [-0.1, -0.05) is 13.8 Å². The van der Waals surface area contributed by atoms with E-state index in [-0.39, 0.29) is 56.1 Å². The molecule has 2 aliphatic heterocycles. The van der Waals surface area contributed by atoms with Crippen LogP contribution in [-0.2, 0) is 4.74 Å². The zero-order valence-corrected chi connectivity index (χ0v) is 15.3. The van der Waals surface area contributed by atoms with Crippen molar-refractivity contribution in [2.45, 2.75) is 51.3 Å². The molecule has 18 heavy (non-hydrogen) atoms. The summed E-state index contributed by atoms with van der Waals surface area (Å²) < 4.78 is 5.72. The second-order valence-electron chi connectivity index (χ2n) is 4.60. The third-order valence-electron chi connectivity index (χ3n) is 3.47. The molecule has 6 atom stereocenters. The van der Waals surface area contributed by atoms with Crippen molar-refractivity contribution in [2.75, 3.05) is 0 Å². The van der Waals surface area contributed by atoms with Gasteiger partial charge in [0.15, 0.2) is 12.6 Å². The summed E-state index contributed by atoms with van der Waals surface area (Å²) in [4.78, 5) is 1.48. The van der Waals surface area contributed by atoms with E-state index in [0.717, 1.165) is 6.42 Å². The first-order valence-corrected chi connectivity index (χ1v) is 5.96. The van der Waals surface area contributed by atoms with Crippen LogP contribution >= 0.6 is 0 Å². The second kappa shape index (κ2) is 6.98. The molecule has 7 heteroatoms. The molecule has 1 saturated heterocycles. The van der Waals surface area contributed by atoms with Gasteiger partial charge in [0.2, 0.25) is 0 Å². The maximum Gasteiger partial charge on any atom is 0.187 e. The summed E-state index contributed by atoms with van der Waals surface area (Å²) in [5, 5.41) is 31.7. The van der Waals surface area contributed by atoms with Gasteiger partial charge in [0.05, 0.1) is 6.10 Å². The third kappa shape index (κ3) is 3.26. The molecular formula is C11H20AcN2O4. The topological polar surface area (TPSA) is 85.2 Å². The van der Waals surface area contributed by atoms with E-state index in [2.05, 4.69) is 5.32 Å². The average Bonchev–Trinajstić information content (AvgIpc) is 2.57. The molecule has 0 bridgehead atoms. The van der Waals surface area contributed by atoms with Gasteiger partial charge in [-0.25, -0.2) is 5.32 Å². The Bertz CT molecular complexity index is 305. The third-order valence-corrected chi connectivity index (χ3v) is 3.47. The van der Waals surface area contributed by atoms with Crippen LogP contribution < -0.4 is 5.32 Å². The Labute approximate surface area is 143 Å². The summed E-state index contributed by atoms with van der Waals surface area (Å²) in [6.07, 6.45) is 0.673. The van der Waals surface area contributed by atoms with Crippen molar-refractivity contribution in [3.05, 3.63) is 12.3 Å². The minimum absolute atomic E-state index is 0. The molecule has 0 spiro atoms. The monoisotopic (exact) mass is 471 g/mol. The minimum atomic E-state index is -1.06. The predicted octanol–water partition coefficient (Wildman–Crippen LogP) is -0.869. The molecule has 0 aromatic carbocycles. The van der Waals surface area contributed by atoms with Crippen LogP contribution in [0.1, 0.15) is 20.3 Å². The zero-order chi connectivity index (χ0) is 12.6. The Balaban J connectivity index is 0.00000162. The van der Waals surface area contributed by atoms with E-state index in [0.29, 0.717) is 0 Å². The Kier molecular flexibility index (Phi) is 6.53. The second-order valence-corrected chi connectivity index (χ2v) is 4.60. The van der Waals surface area contributed by atoms with Crippen molar-refractivity contribution in [1.29, 1.82) is 0 Å². The van der Waals surface area contributed by atoms with E-state index < -0.39 is 24.9 Å². The molecule has 0 aromatic rings. The Hall–Kier alpha value is 0.782. The van der Waals surface area contributed by atoms with Crippen LogP contribution in [-0.4, -0.2) is 51.2 Å². The number of aliphatic hydroxyl groups is 3. The number of hydrogen-bond acceptors (Lipinski definition) is 6. The first-order valence-electron chi connectivity index (χ1n) is 5.96. The molecule has 0 aliphatic carbocycles. The number of nitrogens with zero attached hydrogens (tertiary/aromatic N) is 1. The van der Waals surface area contributed by atoms with Gasteiger partial charge in [0, 0.05) is 56.2 Å². The van der Waals surface area contributed by atoms with Crippen LogP contribution in [0.5, 0.6) is 0 Å². The summed E-state index contributed by atoms with van der Waals surface area (Å²) in [6.45, 7) is 3.93. The van der Waals surface area contributed by atoms with Crippen molar-refractivity contribution in [2.24, 2.45) is 5.92 Å². The quantitative estimate of drug-likeness (QED) is 0.420. The van der Waals surface area contributed by atoms with Crippen LogP contribution in [0.15, 0.2) is 12.3 Å². The summed E-state index contributed by atoms with van der Waals surface area (Å²) >= 11 is 0. The summed E-state index contributed by atoms with van der Waals surface area (Å²) in [5.74, 6) is 0.0254. The van der Waals surface area contributed by atoms with Crippen molar-refractivity contribution >= 4 is 0 Å². The van der Waals surface area contributed by atoms with Gasteiger partial charge in [0.25, 0.3) is 0 Å². The van der Waals surface area contributed by atoms with Gasteiger partial charge in [0.1, 0.15) is 12.3 Å². The average molecular weight is 471 g/mol. The fraction of sp³-hybridized carbons (Fsp3) is 0.818. The first kappa shape index (κ1) is 16.8. The maximum atomic E-state index is 10.1. The molecule has 101 valence electrons. The largest absolute Gasteiger partial charge is 0.388 e. The molecule has 0 aromatic heterocycles. The molecule has 2 heterocycles. The van der Waals surface area contributed by atoms with Crippen LogP contribution in [0.3, 0.4) is 0 Å². The van der Waals surface area contributed by atoms with Crippen LogP contribution in [0.25, 0.3) is 0 Å². The Morgan fingerprint density at radius 1 is 1.33 bits per heavy atom. The Morgan fingerprint density at radius 3 is 2.50 bits per heavy atom. The number of ether oxygens (including phenoxy) is 1. The number of rotatable bonds is 2. The molecule has 2 aliphatic rings. The van der Waals surface area contributed by atoms with E-state index in [1.54, 1.807) is 6.20 Å². The van der Waals surface area contributed by atoms with Crippen molar-refractivity contribution < 1.29 is 64.1 Å². The van der Waals surface area contributed by atoms with Gasteiger partial charge in [-0.3, -0.25) is 0 Å². The van der Waals surface area contributed by atoms with Crippen molar-refractivity contribution in [3.63, 3.8) is 0 Å². The summed E-state index contributed by atoms with van der Waals surface area (Å²) in [7, 11) is 0. The summed E-state index contributed by atoms with van der Waals surface area (Å²) in [6, 6.07) is 0. The first-order chi connectivity index (χ1) is 8.04. The SMILES string of the molecule is CC[C@@H]1O[C@H](N2C=C[C@@H](O)N[C@H]2O)C(O)C1C.[Ac]. The molecule has 6 nitrogen and oxygen atoms in total. The molecule has 2 rings (SSSR count).